The topological polar surface area (TPSA) is 75.7 Å². The van der Waals surface area contributed by atoms with Crippen molar-refractivity contribution >= 4 is 17.7 Å². The van der Waals surface area contributed by atoms with Crippen LogP contribution in [0.2, 0.25) is 0 Å². The van der Waals surface area contributed by atoms with Crippen molar-refractivity contribution in [3.63, 3.8) is 0 Å². The molecule has 0 spiro atoms. The molecule has 0 aromatic heterocycles. The maximum Gasteiger partial charge on any atom is 0.262 e. The molecule has 0 fully saturated rings. The van der Waals surface area contributed by atoms with Gasteiger partial charge in [0.05, 0.1) is 24.3 Å². The van der Waals surface area contributed by atoms with E-state index in [2.05, 4.69) is 5.32 Å². The molecular formula is C25H22N2O4. The van der Waals surface area contributed by atoms with Crippen LogP contribution in [0, 0.1) is 0 Å². The summed E-state index contributed by atoms with van der Waals surface area (Å²) in [4.78, 5) is 39.7. The van der Waals surface area contributed by atoms with Crippen molar-refractivity contribution in [1.82, 2.24) is 10.2 Å². The molecule has 156 valence electrons. The van der Waals surface area contributed by atoms with E-state index >= 15 is 0 Å². The van der Waals surface area contributed by atoms with Crippen LogP contribution in [0.3, 0.4) is 0 Å². The zero-order valence-corrected chi connectivity index (χ0v) is 17.2. The normalized spacial score (nSPS) is 14.7. The number of benzene rings is 3. The summed E-state index contributed by atoms with van der Waals surface area (Å²) < 4.78 is 5.23. The van der Waals surface area contributed by atoms with Crippen LogP contribution in [-0.2, 0) is 4.79 Å². The van der Waals surface area contributed by atoms with Crippen LogP contribution in [0.4, 0.5) is 0 Å². The van der Waals surface area contributed by atoms with Crippen LogP contribution >= 0.6 is 0 Å². The number of amides is 3. The first kappa shape index (κ1) is 20.3. The van der Waals surface area contributed by atoms with E-state index in [0.29, 0.717) is 16.9 Å². The predicted molar refractivity (Wildman–Crippen MR) is 116 cm³/mol. The number of carbonyl (C=O) groups is 3. The van der Waals surface area contributed by atoms with Crippen molar-refractivity contribution in [2.24, 2.45) is 0 Å². The SMILES string of the molecule is COc1ccc(C(NC(=O)C(C)N2C(=O)c3ccccc3C2=O)c2ccccc2)cc1. The highest BCUT2D eigenvalue weighted by Crippen LogP contribution is 2.27. The monoisotopic (exact) mass is 414 g/mol. The maximum atomic E-state index is 13.2. The average molecular weight is 414 g/mol. The molecule has 1 aliphatic rings. The van der Waals surface area contributed by atoms with Gasteiger partial charge in [-0.2, -0.15) is 0 Å². The van der Waals surface area contributed by atoms with Gasteiger partial charge in [-0.25, -0.2) is 0 Å². The summed E-state index contributed by atoms with van der Waals surface area (Å²) in [6.07, 6.45) is 0. The Kier molecular flexibility index (Phi) is 5.54. The lowest BCUT2D eigenvalue weighted by Gasteiger charge is -2.26. The lowest BCUT2D eigenvalue weighted by molar-refractivity contribution is -0.125. The Bertz CT molecular complexity index is 1090. The number of carbonyl (C=O) groups excluding carboxylic acids is 3. The Morgan fingerprint density at radius 1 is 0.806 bits per heavy atom. The van der Waals surface area contributed by atoms with Gasteiger partial charge in [-0.05, 0) is 42.3 Å². The first-order valence-corrected chi connectivity index (χ1v) is 9.97. The standard InChI is InChI=1S/C25H22N2O4/c1-16(27-24(29)20-10-6-7-11-21(20)25(27)30)23(28)26-22(17-8-4-3-5-9-17)18-12-14-19(31-2)15-13-18/h3-16,22H,1-2H3,(H,26,28). The quantitative estimate of drug-likeness (QED) is 0.626. The summed E-state index contributed by atoms with van der Waals surface area (Å²) in [5, 5.41) is 3.01. The van der Waals surface area contributed by atoms with Crippen molar-refractivity contribution in [2.45, 2.75) is 19.0 Å². The van der Waals surface area contributed by atoms with Gasteiger partial charge in [-0.15, -0.1) is 0 Å². The van der Waals surface area contributed by atoms with Crippen LogP contribution in [0.15, 0.2) is 78.9 Å². The third kappa shape index (κ3) is 3.80. The van der Waals surface area contributed by atoms with E-state index in [4.69, 9.17) is 4.74 Å². The number of methoxy groups -OCH3 is 1. The Hall–Kier alpha value is -3.93. The number of imide groups is 1. The lowest BCUT2D eigenvalue weighted by Crippen LogP contribution is -2.48. The molecule has 31 heavy (non-hydrogen) atoms. The molecule has 1 aliphatic heterocycles. The lowest BCUT2D eigenvalue weighted by atomic mass is 9.98. The van der Waals surface area contributed by atoms with Gasteiger partial charge in [0, 0.05) is 0 Å². The summed E-state index contributed by atoms with van der Waals surface area (Å²) in [5.41, 5.74) is 2.38. The third-order valence-corrected chi connectivity index (χ3v) is 5.46. The number of hydrogen-bond acceptors (Lipinski definition) is 4. The van der Waals surface area contributed by atoms with Crippen molar-refractivity contribution in [2.75, 3.05) is 7.11 Å². The van der Waals surface area contributed by atoms with Crippen LogP contribution in [0.25, 0.3) is 0 Å². The molecule has 6 heteroatoms. The Morgan fingerprint density at radius 3 is 1.87 bits per heavy atom. The first-order valence-electron chi connectivity index (χ1n) is 9.97. The van der Waals surface area contributed by atoms with Gasteiger partial charge in [-0.3, -0.25) is 19.3 Å². The van der Waals surface area contributed by atoms with E-state index in [1.54, 1.807) is 38.3 Å². The van der Waals surface area contributed by atoms with E-state index in [-0.39, 0.29) is 0 Å². The fourth-order valence-corrected chi connectivity index (χ4v) is 3.74. The van der Waals surface area contributed by atoms with Crippen LogP contribution in [0.1, 0.15) is 44.8 Å². The third-order valence-electron chi connectivity index (χ3n) is 5.46. The molecule has 0 radical (unpaired) electrons. The summed E-state index contributed by atoms with van der Waals surface area (Å²) >= 11 is 0. The minimum absolute atomic E-state index is 0.321. The second-order valence-corrected chi connectivity index (χ2v) is 7.33. The Labute approximate surface area is 180 Å². The van der Waals surface area contributed by atoms with E-state index in [0.717, 1.165) is 16.0 Å². The second-order valence-electron chi connectivity index (χ2n) is 7.33. The van der Waals surface area contributed by atoms with Crippen LogP contribution < -0.4 is 10.1 Å². The molecule has 2 atom stereocenters. The van der Waals surface area contributed by atoms with Crippen molar-refractivity contribution < 1.29 is 19.1 Å². The van der Waals surface area contributed by atoms with Crippen molar-refractivity contribution in [1.29, 1.82) is 0 Å². The summed E-state index contributed by atoms with van der Waals surface area (Å²) in [6, 6.07) is 22.1. The van der Waals surface area contributed by atoms with E-state index < -0.39 is 29.8 Å². The molecule has 6 nitrogen and oxygen atoms in total. The summed E-state index contributed by atoms with van der Waals surface area (Å²) in [5.74, 6) is -0.617. The van der Waals surface area contributed by atoms with Crippen LogP contribution in [0.5, 0.6) is 5.75 Å². The van der Waals surface area contributed by atoms with Gasteiger partial charge in [0.25, 0.3) is 11.8 Å². The maximum absolute atomic E-state index is 13.2. The molecule has 0 saturated carbocycles. The number of ether oxygens (including phenoxy) is 1. The van der Waals surface area contributed by atoms with E-state index in [9.17, 15) is 14.4 Å². The minimum atomic E-state index is -0.961. The molecular weight excluding hydrogens is 392 g/mol. The molecule has 0 bridgehead atoms. The minimum Gasteiger partial charge on any atom is -0.497 e. The molecule has 3 amide bonds. The van der Waals surface area contributed by atoms with E-state index in [1.807, 2.05) is 54.6 Å². The Balaban J connectivity index is 1.60. The first-order chi connectivity index (χ1) is 15.0. The zero-order valence-electron chi connectivity index (χ0n) is 17.2. The number of hydrogen-bond donors (Lipinski definition) is 1. The van der Waals surface area contributed by atoms with Gasteiger partial charge >= 0.3 is 0 Å². The largest absolute Gasteiger partial charge is 0.497 e. The van der Waals surface area contributed by atoms with Gasteiger partial charge in [0.15, 0.2) is 0 Å². The second kappa shape index (κ2) is 8.44. The number of rotatable bonds is 6. The highest BCUT2D eigenvalue weighted by Gasteiger charge is 2.41. The Morgan fingerprint density at radius 2 is 1.32 bits per heavy atom. The number of nitrogens with one attached hydrogen (secondary N) is 1. The van der Waals surface area contributed by atoms with Crippen molar-refractivity contribution in [3.05, 3.63) is 101 Å². The molecule has 1 heterocycles. The summed E-state index contributed by atoms with van der Waals surface area (Å²) in [6.45, 7) is 1.56. The molecule has 4 rings (SSSR count). The molecule has 0 saturated heterocycles. The predicted octanol–water partition coefficient (Wildman–Crippen LogP) is 3.59. The van der Waals surface area contributed by atoms with Crippen LogP contribution in [-0.4, -0.2) is 35.8 Å². The summed E-state index contributed by atoms with van der Waals surface area (Å²) in [7, 11) is 1.59. The fraction of sp³-hybridized carbons (Fsp3) is 0.160. The van der Waals surface area contributed by atoms with E-state index in [1.165, 1.54) is 0 Å². The molecule has 1 N–H and O–H groups in total. The molecule has 3 aromatic carbocycles. The number of nitrogens with zero attached hydrogens (tertiary/aromatic N) is 1. The van der Waals surface area contributed by atoms with Gasteiger partial charge < -0.3 is 10.1 Å². The molecule has 3 aromatic rings. The number of fused-ring (bicyclic) bond motifs is 1. The highest BCUT2D eigenvalue weighted by atomic mass is 16.5. The highest BCUT2D eigenvalue weighted by molar-refractivity contribution is 6.22. The van der Waals surface area contributed by atoms with Gasteiger partial charge in [0.2, 0.25) is 5.91 Å². The molecule has 0 aliphatic carbocycles. The molecule has 2 unspecified atom stereocenters. The smallest absolute Gasteiger partial charge is 0.262 e. The fourth-order valence-electron chi connectivity index (χ4n) is 3.74. The van der Waals surface area contributed by atoms with Gasteiger partial charge in [-0.1, -0.05) is 54.6 Å². The van der Waals surface area contributed by atoms with Gasteiger partial charge in [0.1, 0.15) is 11.8 Å². The zero-order chi connectivity index (χ0) is 22.0. The van der Waals surface area contributed by atoms with Crippen molar-refractivity contribution in [3.8, 4) is 5.75 Å². The average Bonchev–Trinajstić information content (AvgIpc) is 3.07.